The van der Waals surface area contributed by atoms with Crippen molar-refractivity contribution < 1.29 is 29.6 Å². The SMILES string of the molecule is C/C(=C1/CCOC1=O)[C@@H](O)[C@@H]1OCC[C@@H](O)[C@H]1O. The molecule has 0 unspecified atom stereocenters. The summed E-state index contributed by atoms with van der Waals surface area (Å²) >= 11 is 0. The Morgan fingerprint density at radius 1 is 1.39 bits per heavy atom. The molecule has 2 heterocycles. The zero-order chi connectivity index (χ0) is 13.3. The average molecular weight is 258 g/mol. The first-order valence-electron chi connectivity index (χ1n) is 6.05. The van der Waals surface area contributed by atoms with Gasteiger partial charge in [0.05, 0.1) is 12.7 Å². The zero-order valence-corrected chi connectivity index (χ0v) is 10.2. The molecule has 0 aromatic rings. The first kappa shape index (κ1) is 13.5. The maximum absolute atomic E-state index is 11.4. The number of hydrogen-bond acceptors (Lipinski definition) is 6. The predicted octanol–water partition coefficient (Wildman–Crippen LogP) is -0.879. The van der Waals surface area contributed by atoms with E-state index in [1.165, 1.54) is 0 Å². The molecular formula is C12H18O6. The number of rotatable bonds is 2. The minimum absolute atomic E-state index is 0.271. The van der Waals surface area contributed by atoms with E-state index in [0.717, 1.165) is 0 Å². The lowest BCUT2D eigenvalue weighted by molar-refractivity contribution is -0.163. The maximum atomic E-state index is 11.4. The monoisotopic (exact) mass is 258 g/mol. The number of carbonyl (C=O) groups excluding carboxylic acids is 1. The highest BCUT2D eigenvalue weighted by atomic mass is 16.5. The van der Waals surface area contributed by atoms with E-state index in [-0.39, 0.29) is 6.61 Å². The Morgan fingerprint density at radius 3 is 2.72 bits per heavy atom. The zero-order valence-electron chi connectivity index (χ0n) is 10.2. The third kappa shape index (κ3) is 2.42. The van der Waals surface area contributed by atoms with Crippen LogP contribution in [0.25, 0.3) is 0 Å². The van der Waals surface area contributed by atoms with Gasteiger partial charge < -0.3 is 24.8 Å². The molecule has 2 saturated heterocycles. The normalized spacial score (nSPS) is 37.3. The fourth-order valence-corrected chi connectivity index (χ4v) is 2.31. The second-order valence-corrected chi connectivity index (χ2v) is 4.67. The lowest BCUT2D eigenvalue weighted by Gasteiger charge is -2.35. The Bertz CT molecular complexity index is 364. The van der Waals surface area contributed by atoms with Gasteiger partial charge in [0.1, 0.15) is 18.3 Å². The molecule has 2 fully saturated rings. The first-order valence-corrected chi connectivity index (χ1v) is 6.05. The van der Waals surface area contributed by atoms with Crippen LogP contribution in [0.4, 0.5) is 0 Å². The molecule has 0 radical (unpaired) electrons. The Morgan fingerprint density at radius 2 is 2.11 bits per heavy atom. The molecule has 6 heteroatoms. The van der Waals surface area contributed by atoms with Crippen LogP contribution in [0.3, 0.4) is 0 Å². The molecule has 2 aliphatic rings. The highest BCUT2D eigenvalue weighted by Gasteiger charge is 2.38. The van der Waals surface area contributed by atoms with E-state index in [1.54, 1.807) is 6.92 Å². The van der Waals surface area contributed by atoms with Gasteiger partial charge in [0, 0.05) is 18.6 Å². The molecule has 0 amide bonds. The van der Waals surface area contributed by atoms with Crippen molar-refractivity contribution in [1.82, 2.24) is 0 Å². The number of hydrogen-bond donors (Lipinski definition) is 3. The first-order chi connectivity index (χ1) is 8.52. The second kappa shape index (κ2) is 5.36. The third-order valence-electron chi connectivity index (χ3n) is 3.52. The molecule has 0 aromatic carbocycles. The molecule has 3 N–H and O–H groups in total. The third-order valence-corrected chi connectivity index (χ3v) is 3.52. The van der Waals surface area contributed by atoms with E-state index in [0.29, 0.717) is 30.6 Å². The molecule has 102 valence electrons. The Hall–Kier alpha value is -0.950. The highest BCUT2D eigenvalue weighted by Crippen LogP contribution is 2.26. The van der Waals surface area contributed by atoms with E-state index in [4.69, 9.17) is 9.47 Å². The van der Waals surface area contributed by atoms with Crippen LogP contribution in [0.2, 0.25) is 0 Å². The Kier molecular flexibility index (Phi) is 4.01. The fraction of sp³-hybridized carbons (Fsp3) is 0.750. The van der Waals surface area contributed by atoms with E-state index in [1.807, 2.05) is 0 Å². The average Bonchev–Trinajstić information content (AvgIpc) is 2.77. The molecule has 0 saturated carbocycles. The van der Waals surface area contributed by atoms with Crippen LogP contribution in [-0.4, -0.2) is 58.9 Å². The van der Waals surface area contributed by atoms with Gasteiger partial charge in [-0.05, 0) is 18.9 Å². The van der Waals surface area contributed by atoms with Gasteiger partial charge in [-0.3, -0.25) is 0 Å². The highest BCUT2D eigenvalue weighted by molar-refractivity contribution is 5.91. The van der Waals surface area contributed by atoms with Gasteiger partial charge in [-0.2, -0.15) is 0 Å². The van der Waals surface area contributed by atoms with Crippen molar-refractivity contribution >= 4 is 5.97 Å². The summed E-state index contributed by atoms with van der Waals surface area (Å²) < 4.78 is 10.1. The quantitative estimate of drug-likeness (QED) is 0.440. The number of ether oxygens (including phenoxy) is 2. The van der Waals surface area contributed by atoms with Crippen molar-refractivity contribution in [3.63, 3.8) is 0 Å². The molecule has 0 aliphatic carbocycles. The maximum Gasteiger partial charge on any atom is 0.334 e. The van der Waals surface area contributed by atoms with Crippen LogP contribution >= 0.6 is 0 Å². The molecule has 2 aliphatic heterocycles. The molecular weight excluding hydrogens is 240 g/mol. The summed E-state index contributed by atoms with van der Waals surface area (Å²) in [6, 6.07) is 0. The summed E-state index contributed by atoms with van der Waals surface area (Å²) in [5.74, 6) is -0.433. The van der Waals surface area contributed by atoms with Crippen LogP contribution in [0.15, 0.2) is 11.1 Å². The summed E-state index contributed by atoms with van der Waals surface area (Å²) in [6.07, 6.45) is -3.30. The molecule has 0 aromatic heterocycles. The van der Waals surface area contributed by atoms with Crippen molar-refractivity contribution in [2.24, 2.45) is 0 Å². The van der Waals surface area contributed by atoms with Gasteiger partial charge in [-0.25, -0.2) is 4.79 Å². The smallest absolute Gasteiger partial charge is 0.334 e. The van der Waals surface area contributed by atoms with Crippen molar-refractivity contribution in [3.8, 4) is 0 Å². The second-order valence-electron chi connectivity index (χ2n) is 4.67. The summed E-state index contributed by atoms with van der Waals surface area (Å²) in [7, 11) is 0. The molecule has 18 heavy (non-hydrogen) atoms. The van der Waals surface area contributed by atoms with Gasteiger partial charge in [0.2, 0.25) is 0 Å². The fourth-order valence-electron chi connectivity index (χ4n) is 2.31. The lowest BCUT2D eigenvalue weighted by Crippen LogP contribution is -2.50. The number of aliphatic hydroxyl groups excluding tert-OH is 3. The molecule has 6 nitrogen and oxygen atoms in total. The van der Waals surface area contributed by atoms with Crippen LogP contribution in [0, 0.1) is 0 Å². The number of esters is 1. The van der Waals surface area contributed by atoms with Gasteiger partial charge >= 0.3 is 5.97 Å². The summed E-state index contributed by atoms with van der Waals surface area (Å²) in [5, 5.41) is 29.5. The van der Waals surface area contributed by atoms with Crippen molar-refractivity contribution in [1.29, 1.82) is 0 Å². The van der Waals surface area contributed by atoms with Crippen LogP contribution in [0.5, 0.6) is 0 Å². The number of carbonyl (C=O) groups is 1. The Balaban J connectivity index is 2.15. The lowest BCUT2D eigenvalue weighted by atomic mass is 9.92. The van der Waals surface area contributed by atoms with Crippen molar-refractivity contribution in [3.05, 3.63) is 11.1 Å². The number of cyclic esters (lactones) is 1. The minimum atomic E-state index is -1.15. The van der Waals surface area contributed by atoms with Crippen molar-refractivity contribution in [2.75, 3.05) is 13.2 Å². The Labute approximate surface area is 105 Å². The molecule has 0 bridgehead atoms. The van der Waals surface area contributed by atoms with E-state index < -0.39 is 30.4 Å². The number of aliphatic hydroxyl groups is 3. The van der Waals surface area contributed by atoms with Gasteiger partial charge in [0.25, 0.3) is 0 Å². The van der Waals surface area contributed by atoms with Crippen LogP contribution in [0.1, 0.15) is 19.8 Å². The van der Waals surface area contributed by atoms with E-state index >= 15 is 0 Å². The van der Waals surface area contributed by atoms with Gasteiger partial charge in [0.15, 0.2) is 0 Å². The van der Waals surface area contributed by atoms with Gasteiger partial charge in [-0.1, -0.05) is 0 Å². The van der Waals surface area contributed by atoms with E-state index in [9.17, 15) is 20.1 Å². The summed E-state index contributed by atoms with van der Waals surface area (Å²) in [5.41, 5.74) is 0.869. The molecule has 0 spiro atoms. The van der Waals surface area contributed by atoms with Crippen LogP contribution < -0.4 is 0 Å². The topological polar surface area (TPSA) is 96.2 Å². The molecule has 4 atom stereocenters. The standard InChI is InChI=1S/C12H18O6/c1-6(7-2-4-18-12(7)16)9(14)11-10(15)8(13)3-5-17-11/h8-11,13-15H,2-5H2,1H3/b7-6+/t8-,9-,10-,11+/m1/s1. The largest absolute Gasteiger partial charge is 0.462 e. The predicted molar refractivity (Wildman–Crippen MR) is 60.7 cm³/mol. The summed E-state index contributed by atoms with van der Waals surface area (Å²) in [6.45, 7) is 2.20. The molecule has 2 rings (SSSR count). The van der Waals surface area contributed by atoms with Gasteiger partial charge in [-0.15, -0.1) is 0 Å². The minimum Gasteiger partial charge on any atom is -0.462 e. The summed E-state index contributed by atoms with van der Waals surface area (Å²) in [4.78, 5) is 11.4. The van der Waals surface area contributed by atoms with Crippen molar-refractivity contribution in [2.45, 2.75) is 44.2 Å². The van der Waals surface area contributed by atoms with E-state index in [2.05, 4.69) is 0 Å². The van der Waals surface area contributed by atoms with Crippen LogP contribution in [-0.2, 0) is 14.3 Å².